The summed E-state index contributed by atoms with van der Waals surface area (Å²) in [6.07, 6.45) is 0.959. The molecule has 2 aromatic carbocycles. The number of hydrogen-bond acceptors (Lipinski definition) is 1. The molecule has 3 rings (SSSR count). The number of nitrogens with one attached hydrogen (secondary N) is 1. The minimum absolute atomic E-state index is 0.123. The van der Waals surface area contributed by atoms with Gasteiger partial charge in [0.15, 0.2) is 0 Å². The Morgan fingerprint density at radius 1 is 1.05 bits per heavy atom. The average Bonchev–Trinajstić information content (AvgIpc) is 3.25. The van der Waals surface area contributed by atoms with E-state index in [1.165, 1.54) is 11.1 Å². The molecule has 2 aromatic rings. The lowest BCUT2D eigenvalue weighted by molar-refractivity contribution is -0.117. The van der Waals surface area contributed by atoms with Gasteiger partial charge in [-0.2, -0.15) is 0 Å². The smallest absolute Gasteiger partial charge is 0.228 e. The molecule has 20 heavy (non-hydrogen) atoms. The Morgan fingerprint density at radius 2 is 1.80 bits per heavy atom. The van der Waals surface area contributed by atoms with E-state index in [1.807, 2.05) is 37.3 Å². The Kier molecular flexibility index (Phi) is 3.31. The molecule has 0 unspecified atom stereocenters. The van der Waals surface area contributed by atoms with Gasteiger partial charge in [0.05, 0.1) is 0 Å². The maximum atomic E-state index is 12.3. The molecular formula is C18H19NO. The third-order valence-corrected chi connectivity index (χ3v) is 4.22. The highest BCUT2D eigenvalue weighted by atomic mass is 16.2. The van der Waals surface area contributed by atoms with Crippen LogP contribution in [-0.4, -0.2) is 5.91 Å². The van der Waals surface area contributed by atoms with E-state index in [2.05, 4.69) is 30.4 Å². The van der Waals surface area contributed by atoms with Crippen molar-refractivity contribution in [1.29, 1.82) is 0 Å². The Morgan fingerprint density at radius 3 is 2.55 bits per heavy atom. The maximum Gasteiger partial charge on any atom is 0.228 e. The Bertz CT molecular complexity index is 633. The van der Waals surface area contributed by atoms with Gasteiger partial charge < -0.3 is 5.32 Å². The van der Waals surface area contributed by atoms with Crippen molar-refractivity contribution in [2.45, 2.75) is 26.2 Å². The molecule has 0 radical (unpaired) electrons. The summed E-state index contributed by atoms with van der Waals surface area (Å²) in [6, 6.07) is 16.3. The lowest BCUT2D eigenvalue weighted by atomic mass is 10.1. The minimum atomic E-state index is 0.123. The summed E-state index contributed by atoms with van der Waals surface area (Å²) in [5, 5.41) is 3.07. The van der Waals surface area contributed by atoms with E-state index in [9.17, 15) is 4.79 Å². The van der Waals surface area contributed by atoms with E-state index in [-0.39, 0.29) is 11.8 Å². The number of hydrogen-bond donors (Lipinski definition) is 1. The first-order chi connectivity index (χ1) is 9.66. The summed E-state index contributed by atoms with van der Waals surface area (Å²) in [5.41, 5.74) is 4.57. The van der Waals surface area contributed by atoms with E-state index in [0.717, 1.165) is 17.7 Å². The second kappa shape index (κ2) is 5.12. The van der Waals surface area contributed by atoms with Crippen LogP contribution in [0, 0.1) is 19.8 Å². The van der Waals surface area contributed by atoms with Gasteiger partial charge in [0.1, 0.15) is 0 Å². The molecule has 2 heteroatoms. The summed E-state index contributed by atoms with van der Waals surface area (Å²) < 4.78 is 0. The van der Waals surface area contributed by atoms with Crippen LogP contribution in [0.15, 0.2) is 48.5 Å². The van der Waals surface area contributed by atoms with E-state index >= 15 is 0 Å². The van der Waals surface area contributed by atoms with E-state index < -0.39 is 0 Å². The molecule has 0 bridgehead atoms. The fourth-order valence-electron chi connectivity index (χ4n) is 2.67. The average molecular weight is 265 g/mol. The number of carbonyl (C=O) groups is 1. The standard InChI is InChI=1S/C18H19NO/c1-12-7-6-10-17(13(12)2)19-18(20)16-11-15(16)14-8-4-3-5-9-14/h3-10,15-16H,11H2,1-2H3,(H,19,20)/t15-,16+/m0/s1. The van der Waals surface area contributed by atoms with Crippen molar-refractivity contribution >= 4 is 11.6 Å². The quantitative estimate of drug-likeness (QED) is 0.891. The summed E-state index contributed by atoms with van der Waals surface area (Å²) in [5.74, 6) is 0.659. The van der Waals surface area contributed by atoms with E-state index in [4.69, 9.17) is 0 Å². The lowest BCUT2D eigenvalue weighted by Gasteiger charge is -2.10. The van der Waals surface area contributed by atoms with Crippen LogP contribution in [-0.2, 0) is 4.79 Å². The first-order valence-corrected chi connectivity index (χ1v) is 7.09. The first kappa shape index (κ1) is 12.9. The van der Waals surface area contributed by atoms with Crippen LogP contribution in [0.3, 0.4) is 0 Å². The molecule has 1 saturated carbocycles. The zero-order chi connectivity index (χ0) is 14.1. The molecule has 1 amide bonds. The Hall–Kier alpha value is -2.09. The number of anilines is 1. The molecule has 0 spiro atoms. The SMILES string of the molecule is Cc1cccc(NC(=O)[C@@H]2C[C@H]2c2ccccc2)c1C. The van der Waals surface area contributed by atoms with Crippen molar-refractivity contribution in [3.05, 3.63) is 65.2 Å². The lowest BCUT2D eigenvalue weighted by Crippen LogP contribution is -2.15. The first-order valence-electron chi connectivity index (χ1n) is 7.09. The van der Waals surface area contributed by atoms with Crippen LogP contribution >= 0.6 is 0 Å². The van der Waals surface area contributed by atoms with Gasteiger partial charge in [-0.3, -0.25) is 4.79 Å². The highest BCUT2D eigenvalue weighted by Crippen LogP contribution is 2.47. The van der Waals surface area contributed by atoms with Gasteiger partial charge in [0, 0.05) is 11.6 Å². The van der Waals surface area contributed by atoms with Crippen molar-refractivity contribution in [2.75, 3.05) is 5.32 Å². The van der Waals surface area contributed by atoms with Crippen LogP contribution in [0.2, 0.25) is 0 Å². The van der Waals surface area contributed by atoms with Crippen LogP contribution in [0.1, 0.15) is 29.0 Å². The highest BCUT2D eigenvalue weighted by Gasteiger charge is 2.43. The third kappa shape index (κ3) is 2.46. The van der Waals surface area contributed by atoms with Crippen molar-refractivity contribution in [3.8, 4) is 0 Å². The monoisotopic (exact) mass is 265 g/mol. The van der Waals surface area contributed by atoms with Crippen molar-refractivity contribution in [2.24, 2.45) is 5.92 Å². The largest absolute Gasteiger partial charge is 0.326 e. The van der Waals surface area contributed by atoms with Crippen molar-refractivity contribution in [1.82, 2.24) is 0 Å². The zero-order valence-electron chi connectivity index (χ0n) is 11.9. The molecule has 0 aromatic heterocycles. The molecule has 0 heterocycles. The molecule has 1 aliphatic carbocycles. The predicted octanol–water partition coefficient (Wildman–Crippen LogP) is 4.05. The topological polar surface area (TPSA) is 29.1 Å². The summed E-state index contributed by atoms with van der Waals surface area (Å²) in [6.45, 7) is 4.11. The van der Waals surface area contributed by atoms with Crippen LogP contribution < -0.4 is 5.32 Å². The normalized spacial score (nSPS) is 20.5. The summed E-state index contributed by atoms with van der Waals surface area (Å²) in [4.78, 5) is 12.3. The van der Waals surface area contributed by atoms with Gasteiger partial charge in [-0.1, -0.05) is 42.5 Å². The Labute approximate surface area is 119 Å². The number of rotatable bonds is 3. The highest BCUT2D eigenvalue weighted by molar-refractivity contribution is 5.96. The number of amides is 1. The van der Waals surface area contributed by atoms with Gasteiger partial charge in [-0.05, 0) is 48.9 Å². The second-order valence-electron chi connectivity index (χ2n) is 5.60. The van der Waals surface area contributed by atoms with Gasteiger partial charge in [-0.25, -0.2) is 0 Å². The van der Waals surface area contributed by atoms with Gasteiger partial charge >= 0.3 is 0 Å². The molecule has 0 aliphatic heterocycles. The molecule has 1 N–H and O–H groups in total. The second-order valence-corrected chi connectivity index (χ2v) is 5.60. The predicted molar refractivity (Wildman–Crippen MR) is 81.8 cm³/mol. The minimum Gasteiger partial charge on any atom is -0.326 e. The van der Waals surface area contributed by atoms with Crippen LogP contribution in [0.4, 0.5) is 5.69 Å². The van der Waals surface area contributed by atoms with Crippen molar-refractivity contribution < 1.29 is 4.79 Å². The zero-order valence-corrected chi connectivity index (χ0v) is 11.9. The third-order valence-electron chi connectivity index (χ3n) is 4.22. The Balaban J connectivity index is 1.69. The fraction of sp³-hybridized carbons (Fsp3) is 0.278. The van der Waals surface area contributed by atoms with E-state index in [1.54, 1.807) is 0 Å². The fourth-order valence-corrected chi connectivity index (χ4v) is 2.67. The number of aryl methyl sites for hydroxylation is 1. The number of carbonyl (C=O) groups excluding carboxylic acids is 1. The van der Waals surface area contributed by atoms with Crippen LogP contribution in [0.25, 0.3) is 0 Å². The molecule has 1 aliphatic rings. The molecule has 102 valence electrons. The van der Waals surface area contributed by atoms with Gasteiger partial charge in [0.25, 0.3) is 0 Å². The number of benzene rings is 2. The molecular weight excluding hydrogens is 246 g/mol. The van der Waals surface area contributed by atoms with Gasteiger partial charge in [-0.15, -0.1) is 0 Å². The summed E-state index contributed by atoms with van der Waals surface area (Å²) >= 11 is 0. The van der Waals surface area contributed by atoms with Gasteiger partial charge in [0.2, 0.25) is 5.91 Å². The summed E-state index contributed by atoms with van der Waals surface area (Å²) in [7, 11) is 0. The molecule has 0 saturated heterocycles. The van der Waals surface area contributed by atoms with E-state index in [0.29, 0.717) is 5.92 Å². The van der Waals surface area contributed by atoms with Crippen molar-refractivity contribution in [3.63, 3.8) is 0 Å². The van der Waals surface area contributed by atoms with Crippen LogP contribution in [0.5, 0.6) is 0 Å². The molecule has 2 atom stereocenters. The molecule has 1 fully saturated rings. The maximum absolute atomic E-state index is 12.3. The molecule has 2 nitrogen and oxygen atoms in total.